The van der Waals surface area contributed by atoms with Gasteiger partial charge in [0.2, 0.25) is 0 Å². The van der Waals surface area contributed by atoms with Crippen LogP contribution in [0.15, 0.2) is 36.5 Å². The average Bonchev–Trinajstić information content (AvgIpc) is 2.49. The first-order valence-corrected chi connectivity index (χ1v) is 7.59. The number of nitrogens with one attached hydrogen (secondary N) is 1. The molecule has 3 N–H and O–H groups in total. The third-order valence-electron chi connectivity index (χ3n) is 2.91. The molecule has 2 rings (SSSR count). The number of hydrogen-bond donors (Lipinski definition) is 2. The summed E-state index contributed by atoms with van der Waals surface area (Å²) in [6.45, 7) is 5.39. The fourth-order valence-corrected chi connectivity index (χ4v) is 1.97. The Labute approximate surface area is 145 Å². The number of carbonyl (C=O) groups is 2. The third kappa shape index (κ3) is 4.70. The molecule has 24 heavy (non-hydrogen) atoms. The molecule has 1 heterocycles. The Morgan fingerprint density at radius 3 is 2.33 bits per heavy atom. The van der Waals surface area contributed by atoms with Crippen molar-refractivity contribution >= 4 is 35.0 Å². The van der Waals surface area contributed by atoms with Crippen LogP contribution in [-0.4, -0.2) is 22.5 Å². The van der Waals surface area contributed by atoms with Crippen LogP contribution in [0.2, 0.25) is 5.02 Å². The number of ether oxygens (including phenoxy) is 1. The summed E-state index contributed by atoms with van der Waals surface area (Å²) in [5.41, 5.74) is 6.16. The lowest BCUT2D eigenvalue weighted by Gasteiger charge is -2.19. The maximum absolute atomic E-state index is 12.1. The van der Waals surface area contributed by atoms with Crippen molar-refractivity contribution in [3.8, 4) is 0 Å². The van der Waals surface area contributed by atoms with Gasteiger partial charge in [0.1, 0.15) is 11.4 Å². The minimum Gasteiger partial charge on any atom is -0.456 e. The number of carbonyl (C=O) groups excluding carboxylic acids is 2. The lowest BCUT2D eigenvalue weighted by molar-refractivity contribution is 0.00695. The van der Waals surface area contributed by atoms with Gasteiger partial charge in [0.15, 0.2) is 0 Å². The molecule has 0 atom stereocenters. The summed E-state index contributed by atoms with van der Waals surface area (Å²) >= 11 is 5.85. The summed E-state index contributed by atoms with van der Waals surface area (Å²) in [6, 6.07) is 7.83. The normalized spacial score (nSPS) is 11.0. The molecule has 1 aromatic carbocycles. The summed E-state index contributed by atoms with van der Waals surface area (Å²) in [5, 5.41) is 2.90. The van der Waals surface area contributed by atoms with Crippen molar-refractivity contribution in [1.82, 2.24) is 4.98 Å². The number of nitrogen functional groups attached to an aromatic ring is 1. The highest BCUT2D eigenvalue weighted by molar-refractivity contribution is 6.33. The summed E-state index contributed by atoms with van der Waals surface area (Å²) in [6.07, 6.45) is 1.34. The Morgan fingerprint density at radius 2 is 1.79 bits per heavy atom. The van der Waals surface area contributed by atoms with E-state index >= 15 is 0 Å². The van der Waals surface area contributed by atoms with Crippen molar-refractivity contribution in [2.75, 3.05) is 11.1 Å². The SMILES string of the molecule is CC(C)(C)OC(=O)c1ccc(NC(=O)c2cnc(N)c(Cl)c2)cc1. The number of aromatic nitrogens is 1. The number of hydrogen-bond acceptors (Lipinski definition) is 5. The molecule has 1 aromatic heterocycles. The van der Waals surface area contributed by atoms with E-state index in [0.717, 1.165) is 0 Å². The summed E-state index contributed by atoms with van der Waals surface area (Å²) < 4.78 is 5.28. The van der Waals surface area contributed by atoms with Crippen molar-refractivity contribution in [2.45, 2.75) is 26.4 Å². The van der Waals surface area contributed by atoms with Gasteiger partial charge in [-0.15, -0.1) is 0 Å². The zero-order chi connectivity index (χ0) is 17.9. The van der Waals surface area contributed by atoms with E-state index in [0.29, 0.717) is 11.3 Å². The van der Waals surface area contributed by atoms with Crippen LogP contribution in [0, 0.1) is 0 Å². The molecule has 0 aliphatic rings. The number of amides is 1. The second-order valence-corrected chi connectivity index (χ2v) is 6.53. The van der Waals surface area contributed by atoms with Crippen molar-refractivity contribution < 1.29 is 14.3 Å². The van der Waals surface area contributed by atoms with Crippen LogP contribution in [0.25, 0.3) is 0 Å². The third-order valence-corrected chi connectivity index (χ3v) is 3.21. The fourth-order valence-electron chi connectivity index (χ4n) is 1.80. The van der Waals surface area contributed by atoms with Crippen molar-refractivity contribution in [2.24, 2.45) is 0 Å². The standard InChI is InChI=1S/C17H18ClN3O3/c1-17(2,3)24-16(23)10-4-6-12(7-5-10)21-15(22)11-8-13(18)14(19)20-9-11/h4-9H,1-3H3,(H2,19,20)(H,21,22). The molecule has 0 radical (unpaired) electrons. The maximum Gasteiger partial charge on any atom is 0.338 e. The van der Waals surface area contributed by atoms with E-state index in [-0.39, 0.29) is 22.3 Å². The van der Waals surface area contributed by atoms with Gasteiger partial charge < -0.3 is 15.8 Å². The van der Waals surface area contributed by atoms with E-state index in [9.17, 15) is 9.59 Å². The fraction of sp³-hybridized carbons (Fsp3) is 0.235. The Kier molecular flexibility index (Phi) is 5.09. The lowest BCUT2D eigenvalue weighted by atomic mass is 10.1. The molecule has 0 spiro atoms. The van der Waals surface area contributed by atoms with Crippen LogP contribution < -0.4 is 11.1 Å². The van der Waals surface area contributed by atoms with Gasteiger partial charge in [-0.2, -0.15) is 0 Å². The number of esters is 1. The largest absolute Gasteiger partial charge is 0.456 e. The smallest absolute Gasteiger partial charge is 0.338 e. The van der Waals surface area contributed by atoms with E-state index < -0.39 is 11.6 Å². The molecule has 0 bridgehead atoms. The van der Waals surface area contributed by atoms with Gasteiger partial charge in [-0.1, -0.05) is 11.6 Å². The molecule has 0 unspecified atom stereocenters. The molecule has 0 fully saturated rings. The number of nitrogens with two attached hydrogens (primary N) is 1. The molecule has 126 valence electrons. The Balaban J connectivity index is 2.07. The number of pyridine rings is 1. The molecule has 2 aromatic rings. The predicted molar refractivity (Wildman–Crippen MR) is 93.2 cm³/mol. The van der Waals surface area contributed by atoms with E-state index in [1.54, 1.807) is 45.0 Å². The average molecular weight is 348 g/mol. The molecule has 6 nitrogen and oxygen atoms in total. The van der Waals surface area contributed by atoms with Crippen LogP contribution >= 0.6 is 11.6 Å². The molecule has 0 saturated heterocycles. The van der Waals surface area contributed by atoms with Crippen LogP contribution in [0.3, 0.4) is 0 Å². The first-order chi connectivity index (χ1) is 11.2. The van der Waals surface area contributed by atoms with Crippen LogP contribution in [0.1, 0.15) is 41.5 Å². The second-order valence-electron chi connectivity index (χ2n) is 6.12. The van der Waals surface area contributed by atoms with E-state index in [1.807, 2.05) is 0 Å². The summed E-state index contributed by atoms with van der Waals surface area (Å²) in [5.74, 6) is -0.640. The molecule has 0 saturated carbocycles. The maximum atomic E-state index is 12.1. The lowest BCUT2D eigenvalue weighted by Crippen LogP contribution is -2.23. The highest BCUT2D eigenvalue weighted by atomic mass is 35.5. The molecule has 0 aliphatic heterocycles. The Hall–Kier alpha value is -2.60. The second kappa shape index (κ2) is 6.88. The summed E-state index contributed by atoms with van der Waals surface area (Å²) in [7, 11) is 0. The van der Waals surface area contributed by atoms with Gasteiger partial charge >= 0.3 is 5.97 Å². The van der Waals surface area contributed by atoms with E-state index in [2.05, 4.69) is 10.3 Å². The molecule has 1 amide bonds. The minimum atomic E-state index is -0.564. The predicted octanol–water partition coefficient (Wildman–Crippen LogP) is 3.52. The first-order valence-electron chi connectivity index (χ1n) is 7.21. The quantitative estimate of drug-likeness (QED) is 0.828. The number of nitrogens with zero attached hydrogens (tertiary/aromatic N) is 1. The van der Waals surface area contributed by atoms with Gasteiger partial charge in [-0.25, -0.2) is 9.78 Å². The van der Waals surface area contributed by atoms with Crippen LogP contribution in [0.4, 0.5) is 11.5 Å². The molecule has 7 heteroatoms. The van der Waals surface area contributed by atoms with Crippen molar-refractivity contribution in [3.05, 3.63) is 52.7 Å². The molecular formula is C17H18ClN3O3. The zero-order valence-corrected chi connectivity index (χ0v) is 14.3. The first kappa shape index (κ1) is 17.7. The van der Waals surface area contributed by atoms with Gasteiger partial charge in [0.05, 0.1) is 16.1 Å². The Bertz CT molecular complexity index is 768. The highest BCUT2D eigenvalue weighted by Gasteiger charge is 2.17. The topological polar surface area (TPSA) is 94.3 Å². The van der Waals surface area contributed by atoms with Gasteiger partial charge in [0, 0.05) is 11.9 Å². The molecule has 0 aliphatic carbocycles. The number of rotatable bonds is 3. The minimum absolute atomic E-state index is 0.162. The highest BCUT2D eigenvalue weighted by Crippen LogP contribution is 2.19. The van der Waals surface area contributed by atoms with Crippen molar-refractivity contribution in [1.29, 1.82) is 0 Å². The number of benzene rings is 1. The van der Waals surface area contributed by atoms with Gasteiger partial charge in [0.25, 0.3) is 5.91 Å². The number of halogens is 1. The summed E-state index contributed by atoms with van der Waals surface area (Å²) in [4.78, 5) is 27.9. The van der Waals surface area contributed by atoms with Crippen LogP contribution in [-0.2, 0) is 4.74 Å². The molecular weight excluding hydrogens is 330 g/mol. The monoisotopic (exact) mass is 347 g/mol. The van der Waals surface area contributed by atoms with Gasteiger partial charge in [-0.3, -0.25) is 4.79 Å². The van der Waals surface area contributed by atoms with E-state index in [4.69, 9.17) is 22.1 Å². The Morgan fingerprint density at radius 1 is 1.17 bits per heavy atom. The van der Waals surface area contributed by atoms with Crippen LogP contribution in [0.5, 0.6) is 0 Å². The van der Waals surface area contributed by atoms with Gasteiger partial charge in [-0.05, 0) is 51.1 Å². The zero-order valence-electron chi connectivity index (χ0n) is 13.6. The van der Waals surface area contributed by atoms with Crippen molar-refractivity contribution in [3.63, 3.8) is 0 Å². The van der Waals surface area contributed by atoms with E-state index in [1.165, 1.54) is 12.3 Å². The number of anilines is 2.